The van der Waals surface area contributed by atoms with Gasteiger partial charge in [0.1, 0.15) is 12.6 Å². The number of carbonyl (C=O) groups is 2. The standard InChI is InChI=1S/C15H18Cl2N2O4/c1-2-22-14(20)8-18-15(21)19-5-6-23-13(9-19)10-3-4-11(16)12(17)7-10/h3-4,7,13H,2,5-6,8-9H2,1H3,(H,18,21). The molecule has 8 heteroatoms. The minimum atomic E-state index is -0.463. The molecule has 0 aliphatic carbocycles. The second-order valence-electron chi connectivity index (χ2n) is 4.94. The Bertz CT molecular complexity index is 583. The van der Waals surface area contributed by atoms with Crippen molar-refractivity contribution in [1.29, 1.82) is 0 Å². The van der Waals surface area contributed by atoms with Gasteiger partial charge in [0.15, 0.2) is 0 Å². The number of morpholine rings is 1. The zero-order chi connectivity index (χ0) is 16.8. The second-order valence-corrected chi connectivity index (χ2v) is 5.76. The fourth-order valence-corrected chi connectivity index (χ4v) is 2.53. The van der Waals surface area contributed by atoms with E-state index in [0.29, 0.717) is 29.7 Å². The molecule has 126 valence electrons. The van der Waals surface area contributed by atoms with Crippen LogP contribution in [0.2, 0.25) is 10.0 Å². The molecule has 23 heavy (non-hydrogen) atoms. The van der Waals surface area contributed by atoms with Crippen molar-refractivity contribution in [2.45, 2.75) is 13.0 Å². The summed E-state index contributed by atoms with van der Waals surface area (Å²) in [6.45, 7) is 3.06. The minimum Gasteiger partial charge on any atom is -0.465 e. The average Bonchev–Trinajstić information content (AvgIpc) is 2.55. The molecule has 1 atom stereocenters. The molecule has 1 aliphatic rings. The van der Waals surface area contributed by atoms with Gasteiger partial charge in [0.25, 0.3) is 0 Å². The van der Waals surface area contributed by atoms with Crippen molar-refractivity contribution < 1.29 is 19.1 Å². The van der Waals surface area contributed by atoms with Crippen LogP contribution in [0.15, 0.2) is 18.2 Å². The van der Waals surface area contributed by atoms with Gasteiger partial charge in [-0.15, -0.1) is 0 Å². The van der Waals surface area contributed by atoms with E-state index in [2.05, 4.69) is 5.32 Å². The minimum absolute atomic E-state index is 0.151. The van der Waals surface area contributed by atoms with Crippen molar-refractivity contribution in [2.24, 2.45) is 0 Å². The number of rotatable bonds is 4. The predicted molar refractivity (Wildman–Crippen MR) is 86.8 cm³/mol. The van der Waals surface area contributed by atoms with Crippen molar-refractivity contribution in [3.63, 3.8) is 0 Å². The number of ether oxygens (including phenoxy) is 2. The maximum atomic E-state index is 12.1. The summed E-state index contributed by atoms with van der Waals surface area (Å²) in [6, 6.07) is 4.92. The molecule has 0 spiro atoms. The number of esters is 1. The van der Waals surface area contributed by atoms with Gasteiger partial charge in [0, 0.05) is 6.54 Å². The molecule has 0 bridgehead atoms. The van der Waals surface area contributed by atoms with Crippen LogP contribution in [0.1, 0.15) is 18.6 Å². The van der Waals surface area contributed by atoms with Gasteiger partial charge >= 0.3 is 12.0 Å². The number of halogens is 2. The van der Waals surface area contributed by atoms with Crippen molar-refractivity contribution in [2.75, 3.05) is 32.8 Å². The van der Waals surface area contributed by atoms with Crippen LogP contribution in [-0.2, 0) is 14.3 Å². The van der Waals surface area contributed by atoms with Crippen LogP contribution in [0.4, 0.5) is 4.79 Å². The smallest absolute Gasteiger partial charge is 0.325 e. The highest BCUT2D eigenvalue weighted by Gasteiger charge is 2.26. The molecule has 1 saturated heterocycles. The Morgan fingerprint density at radius 1 is 1.39 bits per heavy atom. The summed E-state index contributed by atoms with van der Waals surface area (Å²) in [4.78, 5) is 25.0. The lowest BCUT2D eigenvalue weighted by Gasteiger charge is -2.33. The Balaban J connectivity index is 1.93. The Morgan fingerprint density at radius 3 is 2.87 bits per heavy atom. The molecule has 1 aromatic rings. The molecular formula is C15H18Cl2N2O4. The Labute approximate surface area is 144 Å². The molecule has 2 rings (SSSR count). The molecule has 1 heterocycles. The molecule has 0 aromatic heterocycles. The SMILES string of the molecule is CCOC(=O)CNC(=O)N1CCOC(c2ccc(Cl)c(Cl)c2)C1. The Kier molecular flexibility index (Phi) is 6.50. The van der Waals surface area contributed by atoms with Gasteiger partial charge < -0.3 is 19.7 Å². The number of amides is 2. The van der Waals surface area contributed by atoms with Crippen LogP contribution in [-0.4, -0.2) is 49.7 Å². The quantitative estimate of drug-likeness (QED) is 0.838. The van der Waals surface area contributed by atoms with E-state index in [4.69, 9.17) is 32.7 Å². The third kappa shape index (κ3) is 4.99. The van der Waals surface area contributed by atoms with Crippen molar-refractivity contribution >= 4 is 35.2 Å². The third-order valence-corrected chi connectivity index (χ3v) is 4.10. The van der Waals surface area contributed by atoms with E-state index in [1.165, 1.54) is 0 Å². The van der Waals surface area contributed by atoms with Gasteiger partial charge in [-0.3, -0.25) is 4.79 Å². The number of nitrogens with zero attached hydrogens (tertiary/aromatic N) is 1. The third-order valence-electron chi connectivity index (χ3n) is 3.36. The van der Waals surface area contributed by atoms with Crippen molar-refractivity contribution in [3.8, 4) is 0 Å². The van der Waals surface area contributed by atoms with Crippen molar-refractivity contribution in [1.82, 2.24) is 10.2 Å². The number of hydrogen-bond acceptors (Lipinski definition) is 4. The average molecular weight is 361 g/mol. The fourth-order valence-electron chi connectivity index (χ4n) is 2.22. The number of carbonyl (C=O) groups excluding carboxylic acids is 2. The van der Waals surface area contributed by atoms with E-state index in [1.54, 1.807) is 24.0 Å². The molecule has 1 N–H and O–H groups in total. The molecule has 6 nitrogen and oxygen atoms in total. The molecule has 1 unspecified atom stereocenters. The molecule has 1 fully saturated rings. The lowest BCUT2D eigenvalue weighted by atomic mass is 10.1. The first-order valence-electron chi connectivity index (χ1n) is 7.26. The van der Waals surface area contributed by atoms with Gasteiger partial charge in [0.2, 0.25) is 0 Å². The van der Waals surface area contributed by atoms with E-state index in [9.17, 15) is 9.59 Å². The second kappa shape index (κ2) is 8.38. The highest BCUT2D eigenvalue weighted by Crippen LogP contribution is 2.29. The van der Waals surface area contributed by atoms with Gasteiger partial charge in [-0.25, -0.2) is 4.79 Å². The summed E-state index contributed by atoms with van der Waals surface area (Å²) in [6.07, 6.45) is -0.285. The van der Waals surface area contributed by atoms with Gasteiger partial charge in [-0.05, 0) is 24.6 Å². The molecule has 1 aliphatic heterocycles. The first kappa shape index (κ1) is 17.8. The number of benzene rings is 1. The van der Waals surface area contributed by atoms with E-state index in [-0.39, 0.29) is 25.3 Å². The highest BCUT2D eigenvalue weighted by molar-refractivity contribution is 6.42. The van der Waals surface area contributed by atoms with Crippen molar-refractivity contribution in [3.05, 3.63) is 33.8 Å². The maximum Gasteiger partial charge on any atom is 0.325 e. The maximum absolute atomic E-state index is 12.1. The zero-order valence-corrected chi connectivity index (χ0v) is 14.2. The van der Waals surface area contributed by atoms with Gasteiger partial charge in [-0.1, -0.05) is 29.3 Å². The number of hydrogen-bond donors (Lipinski definition) is 1. The number of urea groups is 1. The summed E-state index contributed by atoms with van der Waals surface area (Å²) in [5, 5.41) is 3.45. The van der Waals surface area contributed by atoms with E-state index >= 15 is 0 Å². The van der Waals surface area contributed by atoms with E-state index in [0.717, 1.165) is 5.56 Å². The molecule has 2 amide bonds. The molecule has 0 radical (unpaired) electrons. The molecular weight excluding hydrogens is 343 g/mol. The first-order chi connectivity index (χ1) is 11.0. The summed E-state index contributed by atoms with van der Waals surface area (Å²) >= 11 is 11.9. The summed E-state index contributed by atoms with van der Waals surface area (Å²) in [5.41, 5.74) is 0.849. The lowest BCUT2D eigenvalue weighted by molar-refractivity contribution is -0.141. The monoisotopic (exact) mass is 360 g/mol. The summed E-state index contributed by atoms with van der Waals surface area (Å²) in [7, 11) is 0. The van der Waals surface area contributed by atoms with Crippen LogP contribution in [0.25, 0.3) is 0 Å². The van der Waals surface area contributed by atoms with Gasteiger partial charge in [0.05, 0.1) is 29.8 Å². The van der Waals surface area contributed by atoms with Crippen LogP contribution in [0, 0.1) is 0 Å². The van der Waals surface area contributed by atoms with Crippen LogP contribution in [0.3, 0.4) is 0 Å². The van der Waals surface area contributed by atoms with Crippen LogP contribution < -0.4 is 5.32 Å². The zero-order valence-electron chi connectivity index (χ0n) is 12.7. The summed E-state index contributed by atoms with van der Waals surface area (Å²) in [5.74, 6) is -0.463. The largest absolute Gasteiger partial charge is 0.465 e. The van der Waals surface area contributed by atoms with Gasteiger partial charge in [-0.2, -0.15) is 0 Å². The normalized spacial score (nSPS) is 17.7. The topological polar surface area (TPSA) is 67.9 Å². The fraction of sp³-hybridized carbons (Fsp3) is 0.467. The number of nitrogens with one attached hydrogen (secondary N) is 1. The highest BCUT2D eigenvalue weighted by atomic mass is 35.5. The Morgan fingerprint density at radius 2 is 2.17 bits per heavy atom. The van der Waals surface area contributed by atoms with E-state index in [1.807, 2.05) is 6.07 Å². The van der Waals surface area contributed by atoms with E-state index < -0.39 is 5.97 Å². The molecule has 0 saturated carbocycles. The lowest BCUT2D eigenvalue weighted by Crippen LogP contribution is -2.48. The first-order valence-corrected chi connectivity index (χ1v) is 8.01. The van der Waals surface area contributed by atoms with Crippen LogP contribution in [0.5, 0.6) is 0 Å². The Hall–Kier alpha value is -1.50. The molecule has 1 aromatic carbocycles. The predicted octanol–water partition coefficient (Wildman–Crippen LogP) is 2.64. The van der Waals surface area contributed by atoms with Crippen LogP contribution >= 0.6 is 23.2 Å². The summed E-state index contributed by atoms with van der Waals surface area (Å²) < 4.78 is 10.5.